The predicted molar refractivity (Wildman–Crippen MR) is 279 cm³/mol. The number of ether oxygens (including phenoxy) is 3. The maximum absolute atomic E-state index is 12.8. The first-order valence-corrected chi connectivity index (χ1v) is 27.1. The summed E-state index contributed by atoms with van der Waals surface area (Å²) in [5.41, 5.74) is 0. The van der Waals surface area contributed by atoms with Gasteiger partial charge in [0.05, 0.1) is 0 Å². The molecule has 0 heterocycles. The minimum absolute atomic E-state index is 0.0918. The van der Waals surface area contributed by atoms with Gasteiger partial charge in [-0.15, -0.1) is 0 Å². The van der Waals surface area contributed by atoms with Crippen LogP contribution in [0.5, 0.6) is 0 Å². The van der Waals surface area contributed by atoms with E-state index >= 15 is 0 Å². The van der Waals surface area contributed by atoms with Crippen LogP contribution in [0.25, 0.3) is 0 Å². The predicted octanol–water partition coefficient (Wildman–Crippen LogP) is 18.0. The zero-order valence-electron chi connectivity index (χ0n) is 42.5. The van der Waals surface area contributed by atoms with Crippen molar-refractivity contribution in [3.05, 3.63) is 85.1 Å². The second-order valence-corrected chi connectivity index (χ2v) is 17.8. The standard InChI is InChI=1S/C59H100O6/c1-4-7-10-13-16-19-21-23-25-26-27-28-29-30-31-32-34-35-37-40-43-46-49-52-58(61)64-55-56(54-63-57(60)51-48-45-42-39-18-15-12-9-6-3)65-59(62)53-50-47-44-41-38-36-33-24-22-20-17-14-11-8-5-2/h7,10,16,19,23,25,27-28,30-31,34-35,40,43,56H,4-6,8-9,11-15,17-18,20-22,24,26,29,32-33,36-39,41-42,44-55H2,1-3H3/b10-7-,19-16-,25-23-,28-27-,31-30-,35-34-,43-40-. The fourth-order valence-corrected chi connectivity index (χ4v) is 7.37. The smallest absolute Gasteiger partial charge is 0.306 e. The SMILES string of the molecule is CC/C=C\C/C=C\C/C=C\C/C=C\C/C=C\C/C=C\C/C=C\CCCC(=O)OCC(COC(=O)CCCCCCCCCCC)OC(=O)CCCCCCCCCCCCCCCCC. The van der Waals surface area contributed by atoms with Crippen LogP contribution in [-0.4, -0.2) is 37.2 Å². The van der Waals surface area contributed by atoms with Crippen molar-refractivity contribution in [3.8, 4) is 0 Å². The largest absolute Gasteiger partial charge is 0.462 e. The van der Waals surface area contributed by atoms with Crippen LogP contribution < -0.4 is 0 Å². The number of unbranched alkanes of at least 4 members (excludes halogenated alkanes) is 23. The Morgan fingerprint density at radius 2 is 0.600 bits per heavy atom. The van der Waals surface area contributed by atoms with E-state index in [9.17, 15) is 14.4 Å². The van der Waals surface area contributed by atoms with Gasteiger partial charge < -0.3 is 14.2 Å². The molecule has 1 unspecified atom stereocenters. The van der Waals surface area contributed by atoms with E-state index in [1.807, 2.05) is 0 Å². The maximum atomic E-state index is 12.8. The number of allylic oxidation sites excluding steroid dienone is 14. The summed E-state index contributed by atoms with van der Waals surface area (Å²) < 4.78 is 16.7. The van der Waals surface area contributed by atoms with Gasteiger partial charge in [0, 0.05) is 19.3 Å². The number of carbonyl (C=O) groups excluding carboxylic acids is 3. The Labute approximate surface area is 401 Å². The molecule has 0 rings (SSSR count). The Hall–Kier alpha value is -3.41. The lowest BCUT2D eigenvalue weighted by atomic mass is 10.0. The van der Waals surface area contributed by atoms with Gasteiger partial charge in [-0.3, -0.25) is 14.4 Å². The van der Waals surface area contributed by atoms with Crippen LogP contribution in [0, 0.1) is 0 Å². The fraction of sp³-hybridized carbons (Fsp3) is 0.712. The Bertz CT molecular complexity index is 1270. The number of rotatable bonds is 48. The second kappa shape index (κ2) is 53.2. The van der Waals surface area contributed by atoms with Crippen LogP contribution >= 0.6 is 0 Å². The highest BCUT2D eigenvalue weighted by atomic mass is 16.6. The summed E-state index contributed by atoms with van der Waals surface area (Å²) in [7, 11) is 0. The summed E-state index contributed by atoms with van der Waals surface area (Å²) in [5, 5.41) is 0. The quantitative estimate of drug-likeness (QED) is 0.0262. The lowest BCUT2D eigenvalue weighted by Gasteiger charge is -2.18. The van der Waals surface area contributed by atoms with E-state index in [4.69, 9.17) is 14.2 Å². The van der Waals surface area contributed by atoms with Crippen molar-refractivity contribution in [1.82, 2.24) is 0 Å². The van der Waals surface area contributed by atoms with Gasteiger partial charge in [0.2, 0.25) is 0 Å². The molecule has 0 N–H and O–H groups in total. The molecule has 0 radical (unpaired) electrons. The average Bonchev–Trinajstić information content (AvgIpc) is 3.30. The van der Waals surface area contributed by atoms with Crippen molar-refractivity contribution in [1.29, 1.82) is 0 Å². The third-order valence-corrected chi connectivity index (χ3v) is 11.4. The zero-order valence-corrected chi connectivity index (χ0v) is 42.5. The minimum Gasteiger partial charge on any atom is -0.462 e. The van der Waals surface area contributed by atoms with E-state index < -0.39 is 6.10 Å². The third kappa shape index (κ3) is 51.4. The lowest BCUT2D eigenvalue weighted by molar-refractivity contribution is -0.167. The molecule has 0 aromatic heterocycles. The molecule has 65 heavy (non-hydrogen) atoms. The van der Waals surface area contributed by atoms with Gasteiger partial charge in [0.1, 0.15) is 13.2 Å². The summed E-state index contributed by atoms with van der Waals surface area (Å²) in [4.78, 5) is 37.9. The molecular formula is C59H100O6. The summed E-state index contributed by atoms with van der Waals surface area (Å²) in [5.74, 6) is -0.953. The molecule has 0 aliphatic rings. The zero-order chi connectivity index (χ0) is 47.2. The molecule has 0 bridgehead atoms. The average molecular weight is 905 g/mol. The van der Waals surface area contributed by atoms with Crippen LogP contribution in [0.15, 0.2) is 85.1 Å². The van der Waals surface area contributed by atoms with Crippen molar-refractivity contribution in [2.45, 2.75) is 258 Å². The normalized spacial score (nSPS) is 12.7. The van der Waals surface area contributed by atoms with E-state index in [0.29, 0.717) is 19.3 Å². The van der Waals surface area contributed by atoms with E-state index in [2.05, 4.69) is 106 Å². The molecule has 0 saturated carbocycles. The van der Waals surface area contributed by atoms with Crippen molar-refractivity contribution in [3.63, 3.8) is 0 Å². The lowest BCUT2D eigenvalue weighted by Crippen LogP contribution is -2.30. The van der Waals surface area contributed by atoms with Crippen LogP contribution in [0.4, 0.5) is 0 Å². The van der Waals surface area contributed by atoms with Crippen molar-refractivity contribution in [2.75, 3.05) is 13.2 Å². The van der Waals surface area contributed by atoms with Gasteiger partial charge in [-0.25, -0.2) is 0 Å². The number of carbonyl (C=O) groups is 3. The second-order valence-electron chi connectivity index (χ2n) is 17.8. The highest BCUT2D eigenvalue weighted by Gasteiger charge is 2.19. The number of esters is 3. The minimum atomic E-state index is -0.795. The first-order chi connectivity index (χ1) is 32.0. The van der Waals surface area contributed by atoms with Crippen molar-refractivity contribution >= 4 is 17.9 Å². The van der Waals surface area contributed by atoms with Crippen LogP contribution in [0.3, 0.4) is 0 Å². The van der Waals surface area contributed by atoms with E-state index in [1.165, 1.54) is 116 Å². The van der Waals surface area contributed by atoms with Gasteiger partial charge in [0.15, 0.2) is 6.10 Å². The third-order valence-electron chi connectivity index (χ3n) is 11.4. The molecule has 0 saturated heterocycles. The van der Waals surface area contributed by atoms with Crippen molar-refractivity contribution in [2.24, 2.45) is 0 Å². The summed E-state index contributed by atoms with van der Waals surface area (Å²) in [6.45, 7) is 6.46. The Morgan fingerprint density at radius 3 is 0.938 bits per heavy atom. The molecule has 1 atom stereocenters. The monoisotopic (exact) mass is 905 g/mol. The molecular weight excluding hydrogens is 805 g/mol. The van der Waals surface area contributed by atoms with Gasteiger partial charge in [-0.05, 0) is 70.6 Å². The van der Waals surface area contributed by atoms with Crippen molar-refractivity contribution < 1.29 is 28.6 Å². The molecule has 0 aliphatic heterocycles. The molecule has 0 aliphatic carbocycles. The molecule has 6 heteroatoms. The highest BCUT2D eigenvalue weighted by Crippen LogP contribution is 2.15. The van der Waals surface area contributed by atoms with Crippen LogP contribution in [0.1, 0.15) is 252 Å². The molecule has 0 aromatic carbocycles. The van der Waals surface area contributed by atoms with E-state index in [0.717, 1.165) is 89.9 Å². The van der Waals surface area contributed by atoms with Gasteiger partial charge in [-0.1, -0.05) is 247 Å². The van der Waals surface area contributed by atoms with Gasteiger partial charge in [0.25, 0.3) is 0 Å². The fourth-order valence-electron chi connectivity index (χ4n) is 7.37. The van der Waals surface area contributed by atoms with Crippen LogP contribution in [0.2, 0.25) is 0 Å². The van der Waals surface area contributed by atoms with Gasteiger partial charge in [-0.2, -0.15) is 0 Å². The molecule has 0 aromatic rings. The Morgan fingerprint density at radius 1 is 0.323 bits per heavy atom. The van der Waals surface area contributed by atoms with Crippen LogP contribution in [-0.2, 0) is 28.6 Å². The Kier molecular flexibility index (Phi) is 50.4. The molecule has 6 nitrogen and oxygen atoms in total. The first-order valence-electron chi connectivity index (χ1n) is 27.1. The van der Waals surface area contributed by atoms with E-state index in [-0.39, 0.29) is 37.5 Å². The summed E-state index contributed by atoms with van der Waals surface area (Å²) >= 11 is 0. The molecule has 0 fully saturated rings. The maximum Gasteiger partial charge on any atom is 0.306 e. The van der Waals surface area contributed by atoms with E-state index in [1.54, 1.807) is 0 Å². The molecule has 372 valence electrons. The molecule has 0 spiro atoms. The number of hydrogen-bond acceptors (Lipinski definition) is 6. The summed E-state index contributed by atoms with van der Waals surface area (Å²) in [6.07, 6.45) is 68.7. The summed E-state index contributed by atoms with van der Waals surface area (Å²) in [6, 6.07) is 0. The Balaban J connectivity index is 4.39. The topological polar surface area (TPSA) is 78.9 Å². The molecule has 0 amide bonds. The van der Waals surface area contributed by atoms with Gasteiger partial charge >= 0.3 is 17.9 Å². The first kappa shape index (κ1) is 61.6. The highest BCUT2D eigenvalue weighted by molar-refractivity contribution is 5.71. The number of hydrogen-bond donors (Lipinski definition) is 0.